The van der Waals surface area contributed by atoms with E-state index in [-0.39, 0.29) is 17.4 Å². The van der Waals surface area contributed by atoms with Crippen molar-refractivity contribution in [1.29, 1.82) is 0 Å². The van der Waals surface area contributed by atoms with Crippen molar-refractivity contribution in [3.05, 3.63) is 80.3 Å². The molecular weight excluding hydrogens is 387 g/mol. The van der Waals surface area contributed by atoms with E-state index < -0.39 is 5.69 Å². The summed E-state index contributed by atoms with van der Waals surface area (Å²) in [5.74, 6) is 1.15. The topological polar surface area (TPSA) is 74.1 Å². The number of hydrogen-bond acceptors (Lipinski definition) is 4. The lowest BCUT2D eigenvalue weighted by Gasteiger charge is -2.27. The minimum absolute atomic E-state index is 0.318. The van der Waals surface area contributed by atoms with Gasteiger partial charge in [0, 0.05) is 27.2 Å². The number of hydrogen-bond donors (Lipinski definition) is 1. The zero-order valence-corrected chi connectivity index (χ0v) is 16.9. The number of benzene rings is 1. The van der Waals surface area contributed by atoms with Crippen LogP contribution in [0.15, 0.2) is 50.4 Å². The zero-order chi connectivity index (χ0) is 21.2. The third-order valence-electron chi connectivity index (χ3n) is 5.83. The van der Waals surface area contributed by atoms with Crippen LogP contribution in [0.3, 0.4) is 0 Å². The van der Waals surface area contributed by atoms with Crippen molar-refractivity contribution in [3.63, 3.8) is 0 Å². The minimum Gasteiger partial charge on any atom is -0.464 e. The largest absolute Gasteiger partial charge is 0.464 e. The van der Waals surface area contributed by atoms with Gasteiger partial charge in [-0.1, -0.05) is 0 Å². The van der Waals surface area contributed by atoms with Gasteiger partial charge in [0.15, 0.2) is 0 Å². The number of aryl methyl sites for hydroxylation is 2. The Bertz CT molecular complexity index is 1410. The van der Waals surface area contributed by atoms with Crippen molar-refractivity contribution in [2.24, 2.45) is 14.1 Å². The second-order valence-corrected chi connectivity index (χ2v) is 7.66. The average molecular weight is 408 g/mol. The Morgan fingerprint density at radius 3 is 2.47 bits per heavy atom. The molecule has 154 valence electrons. The smallest absolute Gasteiger partial charge is 0.331 e. The fourth-order valence-electron chi connectivity index (χ4n) is 4.43. The summed E-state index contributed by atoms with van der Waals surface area (Å²) < 4.78 is 24.1. The van der Waals surface area contributed by atoms with Crippen LogP contribution in [0, 0.1) is 12.7 Å². The summed E-state index contributed by atoms with van der Waals surface area (Å²) in [7, 11) is 3.14. The maximum atomic E-state index is 13.6. The Hall–Kier alpha value is -3.39. The van der Waals surface area contributed by atoms with Crippen LogP contribution in [0.4, 0.5) is 4.39 Å². The maximum Gasteiger partial charge on any atom is 0.331 e. The lowest BCUT2D eigenvalue weighted by Crippen LogP contribution is -2.38. The molecule has 0 spiro atoms. The molecule has 1 aliphatic heterocycles. The SMILES string of the molecule is Cc1ccc(C2NCCn3c(-c4ccc(F)cc4)c4c(=O)n(C)c(=O)n(C)c4c32)o1. The molecule has 1 atom stereocenters. The van der Waals surface area contributed by atoms with Gasteiger partial charge in [-0.15, -0.1) is 0 Å². The zero-order valence-electron chi connectivity index (χ0n) is 16.9. The van der Waals surface area contributed by atoms with Crippen LogP contribution < -0.4 is 16.6 Å². The molecule has 0 fully saturated rings. The molecule has 0 saturated heterocycles. The summed E-state index contributed by atoms with van der Waals surface area (Å²) in [5.41, 5.74) is 2.00. The predicted octanol–water partition coefficient (Wildman–Crippen LogP) is 2.44. The molecule has 5 rings (SSSR count). The van der Waals surface area contributed by atoms with Crippen LogP contribution in [-0.2, 0) is 20.6 Å². The molecule has 1 aromatic carbocycles. The van der Waals surface area contributed by atoms with Gasteiger partial charge in [0.1, 0.15) is 23.4 Å². The van der Waals surface area contributed by atoms with Crippen LogP contribution in [0.5, 0.6) is 0 Å². The summed E-state index contributed by atoms with van der Waals surface area (Å²) >= 11 is 0. The summed E-state index contributed by atoms with van der Waals surface area (Å²) in [6, 6.07) is 9.55. The van der Waals surface area contributed by atoms with Crippen LogP contribution >= 0.6 is 0 Å². The quantitative estimate of drug-likeness (QED) is 0.553. The van der Waals surface area contributed by atoms with Crippen molar-refractivity contribution >= 4 is 10.9 Å². The normalized spacial score (nSPS) is 16.2. The molecule has 8 heteroatoms. The third kappa shape index (κ3) is 2.53. The molecule has 4 aromatic rings. The van der Waals surface area contributed by atoms with Gasteiger partial charge in [-0.05, 0) is 48.9 Å². The van der Waals surface area contributed by atoms with Gasteiger partial charge in [0.2, 0.25) is 0 Å². The average Bonchev–Trinajstić information content (AvgIpc) is 3.32. The maximum absolute atomic E-state index is 13.6. The van der Waals surface area contributed by atoms with Crippen molar-refractivity contribution in [3.8, 4) is 11.3 Å². The first kappa shape index (κ1) is 18.6. The summed E-state index contributed by atoms with van der Waals surface area (Å²) in [6.45, 7) is 3.13. The fourth-order valence-corrected chi connectivity index (χ4v) is 4.43. The van der Waals surface area contributed by atoms with Gasteiger partial charge in [-0.2, -0.15) is 0 Å². The Labute approximate surface area is 171 Å². The molecular formula is C22H21FN4O3. The monoisotopic (exact) mass is 408 g/mol. The molecule has 0 radical (unpaired) electrons. The van der Waals surface area contributed by atoms with Gasteiger partial charge in [-0.3, -0.25) is 13.9 Å². The number of aromatic nitrogens is 3. The lowest BCUT2D eigenvalue weighted by atomic mass is 10.1. The third-order valence-corrected chi connectivity index (χ3v) is 5.83. The minimum atomic E-state index is -0.397. The van der Waals surface area contributed by atoms with Crippen LogP contribution in [0.1, 0.15) is 23.3 Å². The number of halogens is 1. The number of fused-ring (bicyclic) bond motifs is 3. The van der Waals surface area contributed by atoms with Crippen molar-refractivity contribution in [2.45, 2.75) is 19.5 Å². The summed E-state index contributed by atoms with van der Waals surface area (Å²) in [6.07, 6.45) is 0. The van der Waals surface area contributed by atoms with Crippen LogP contribution in [0.25, 0.3) is 22.2 Å². The lowest BCUT2D eigenvalue weighted by molar-refractivity contribution is 0.389. The number of rotatable bonds is 2. The van der Waals surface area contributed by atoms with E-state index in [2.05, 4.69) is 9.88 Å². The van der Waals surface area contributed by atoms with E-state index in [1.54, 1.807) is 19.2 Å². The first-order chi connectivity index (χ1) is 14.4. The molecule has 1 N–H and O–H groups in total. The highest BCUT2D eigenvalue weighted by Crippen LogP contribution is 2.38. The molecule has 0 bridgehead atoms. The number of furan rings is 1. The van der Waals surface area contributed by atoms with Gasteiger partial charge in [0.25, 0.3) is 5.56 Å². The second-order valence-electron chi connectivity index (χ2n) is 7.66. The van der Waals surface area contributed by atoms with E-state index in [4.69, 9.17) is 4.42 Å². The highest BCUT2D eigenvalue weighted by Gasteiger charge is 2.33. The van der Waals surface area contributed by atoms with Crippen LogP contribution in [-0.4, -0.2) is 20.2 Å². The van der Waals surface area contributed by atoms with Gasteiger partial charge in [0.05, 0.1) is 22.3 Å². The van der Waals surface area contributed by atoms with E-state index in [1.165, 1.54) is 23.7 Å². The van der Waals surface area contributed by atoms with Crippen molar-refractivity contribution in [1.82, 2.24) is 19.0 Å². The number of nitrogens with zero attached hydrogens (tertiary/aromatic N) is 3. The van der Waals surface area contributed by atoms with Crippen molar-refractivity contribution in [2.75, 3.05) is 6.54 Å². The fraction of sp³-hybridized carbons (Fsp3) is 0.273. The highest BCUT2D eigenvalue weighted by atomic mass is 19.1. The molecule has 0 aliphatic carbocycles. The highest BCUT2D eigenvalue weighted by molar-refractivity contribution is 5.96. The van der Waals surface area contributed by atoms with Crippen LogP contribution in [0.2, 0.25) is 0 Å². The van der Waals surface area contributed by atoms with Gasteiger partial charge >= 0.3 is 5.69 Å². The Morgan fingerprint density at radius 1 is 1.07 bits per heavy atom. The van der Waals surface area contributed by atoms with Gasteiger partial charge < -0.3 is 14.3 Å². The van der Waals surface area contributed by atoms with E-state index in [0.717, 1.165) is 21.6 Å². The first-order valence-corrected chi connectivity index (χ1v) is 9.76. The standard InChI is InChI=1S/C22H21FN4O3/c1-12-4-9-15(30-12)17-20-19-16(21(28)26(3)22(29)25(19)2)18(27(20)11-10-24-17)13-5-7-14(23)8-6-13/h4-9,17,24H,10-11H2,1-3H3. The Kier molecular flexibility index (Phi) is 4.08. The molecule has 1 aliphatic rings. The van der Waals surface area contributed by atoms with Crippen molar-refractivity contribution < 1.29 is 8.81 Å². The molecule has 3 aromatic heterocycles. The molecule has 30 heavy (non-hydrogen) atoms. The van der Waals surface area contributed by atoms with Gasteiger partial charge in [-0.25, -0.2) is 9.18 Å². The molecule has 0 saturated carbocycles. The molecule has 1 unspecified atom stereocenters. The van der Waals surface area contributed by atoms with E-state index in [1.807, 2.05) is 19.1 Å². The number of nitrogens with one attached hydrogen (secondary N) is 1. The molecule has 7 nitrogen and oxygen atoms in total. The second kappa shape index (κ2) is 6.56. The summed E-state index contributed by atoms with van der Waals surface area (Å²) in [5, 5.41) is 3.90. The van der Waals surface area contributed by atoms with E-state index in [9.17, 15) is 14.0 Å². The summed E-state index contributed by atoms with van der Waals surface area (Å²) in [4.78, 5) is 26.0. The molecule has 4 heterocycles. The predicted molar refractivity (Wildman–Crippen MR) is 111 cm³/mol. The molecule has 0 amide bonds. The van der Waals surface area contributed by atoms with E-state index >= 15 is 0 Å². The Balaban J connectivity index is 1.95. The first-order valence-electron chi connectivity index (χ1n) is 9.76. The Morgan fingerprint density at radius 2 is 1.80 bits per heavy atom. The van der Waals surface area contributed by atoms with E-state index in [0.29, 0.717) is 35.4 Å².